The molecule has 2 heteroatoms. The molecule has 2 atom stereocenters. The fraction of sp³-hybridized carbons (Fsp3) is 0.316. The number of hydrogen-bond donors (Lipinski definition) is 0. The molecule has 2 nitrogen and oxygen atoms in total. The van der Waals surface area contributed by atoms with E-state index in [0.29, 0.717) is 0 Å². The molecule has 21 heavy (non-hydrogen) atoms. The fourth-order valence-corrected chi connectivity index (χ4v) is 3.24. The van der Waals surface area contributed by atoms with Crippen LogP contribution >= 0.6 is 0 Å². The van der Waals surface area contributed by atoms with Crippen LogP contribution in [0.4, 0.5) is 5.69 Å². The van der Waals surface area contributed by atoms with E-state index in [-0.39, 0.29) is 23.3 Å². The maximum absolute atomic E-state index is 12.7. The summed E-state index contributed by atoms with van der Waals surface area (Å²) in [4.78, 5) is 14.7. The molecule has 0 aromatic heterocycles. The highest BCUT2D eigenvalue weighted by Crippen LogP contribution is 2.47. The van der Waals surface area contributed by atoms with Crippen LogP contribution in [0.5, 0.6) is 0 Å². The van der Waals surface area contributed by atoms with Crippen molar-refractivity contribution in [3.05, 3.63) is 66.2 Å². The number of hydrogen-bond acceptors (Lipinski definition) is 1. The van der Waals surface area contributed by atoms with Gasteiger partial charge in [-0.25, -0.2) is 0 Å². The molecule has 3 rings (SSSR count). The van der Waals surface area contributed by atoms with Gasteiger partial charge in [0.25, 0.3) is 0 Å². The number of β-lactam (4-membered cyclic amide) rings is 1. The van der Waals surface area contributed by atoms with Gasteiger partial charge in [-0.2, -0.15) is 0 Å². The van der Waals surface area contributed by atoms with Crippen molar-refractivity contribution in [3.63, 3.8) is 0 Å². The molecule has 1 aliphatic rings. The van der Waals surface area contributed by atoms with Crippen LogP contribution in [0.3, 0.4) is 0 Å². The first-order valence-electron chi connectivity index (χ1n) is 7.43. The number of amides is 1. The number of rotatable bonds is 2. The van der Waals surface area contributed by atoms with E-state index in [1.54, 1.807) is 0 Å². The van der Waals surface area contributed by atoms with Crippen molar-refractivity contribution in [2.75, 3.05) is 4.90 Å². The standard InChI is InChI=1S/C19H21NO/c1-19(2,3)17-16(14-10-6-4-7-11-14)18(21)20(17)15-12-8-5-9-13-15/h4-13,16-17H,1-3H3. The zero-order valence-electron chi connectivity index (χ0n) is 12.8. The van der Waals surface area contributed by atoms with Gasteiger partial charge in [0.1, 0.15) is 0 Å². The van der Waals surface area contributed by atoms with Gasteiger partial charge in [0, 0.05) is 5.69 Å². The second-order valence-electron chi connectivity index (χ2n) is 6.74. The number of para-hydroxylation sites is 1. The molecule has 0 spiro atoms. The minimum absolute atomic E-state index is 0.0320. The minimum atomic E-state index is -0.0357. The summed E-state index contributed by atoms with van der Waals surface area (Å²) in [7, 11) is 0. The monoisotopic (exact) mass is 279 g/mol. The minimum Gasteiger partial charge on any atom is -0.307 e. The van der Waals surface area contributed by atoms with Gasteiger partial charge in [0.05, 0.1) is 12.0 Å². The Morgan fingerprint density at radius 1 is 0.857 bits per heavy atom. The van der Waals surface area contributed by atoms with Crippen LogP contribution in [0.2, 0.25) is 0 Å². The first-order chi connectivity index (χ1) is 10.00. The molecule has 1 heterocycles. The van der Waals surface area contributed by atoms with Crippen molar-refractivity contribution in [3.8, 4) is 0 Å². The first-order valence-corrected chi connectivity index (χ1v) is 7.43. The summed E-state index contributed by atoms with van der Waals surface area (Å²) in [5.41, 5.74) is 2.15. The molecule has 0 bridgehead atoms. The van der Waals surface area contributed by atoms with Gasteiger partial charge in [-0.1, -0.05) is 69.3 Å². The van der Waals surface area contributed by atoms with Gasteiger partial charge in [0.15, 0.2) is 0 Å². The molecule has 1 amide bonds. The predicted molar refractivity (Wildman–Crippen MR) is 86.4 cm³/mol. The normalized spacial score (nSPS) is 22.0. The van der Waals surface area contributed by atoms with Crippen molar-refractivity contribution in [1.82, 2.24) is 0 Å². The third-order valence-electron chi connectivity index (χ3n) is 4.18. The molecule has 2 unspecified atom stereocenters. The lowest BCUT2D eigenvalue weighted by atomic mass is 9.68. The zero-order valence-corrected chi connectivity index (χ0v) is 12.8. The Kier molecular flexibility index (Phi) is 3.32. The van der Waals surface area contributed by atoms with E-state index in [0.717, 1.165) is 11.3 Å². The molecular weight excluding hydrogens is 258 g/mol. The van der Waals surface area contributed by atoms with Crippen LogP contribution in [0.15, 0.2) is 60.7 Å². The highest BCUT2D eigenvalue weighted by Gasteiger charge is 2.53. The highest BCUT2D eigenvalue weighted by molar-refractivity contribution is 6.06. The molecule has 0 saturated carbocycles. The van der Waals surface area contributed by atoms with E-state index in [2.05, 4.69) is 32.9 Å². The topological polar surface area (TPSA) is 20.3 Å². The van der Waals surface area contributed by atoms with E-state index in [1.165, 1.54) is 0 Å². The average Bonchev–Trinajstić information content (AvgIpc) is 2.46. The molecule has 0 aliphatic carbocycles. The third kappa shape index (κ3) is 2.35. The SMILES string of the molecule is CC(C)(C)C1C(c2ccccc2)C(=O)N1c1ccccc1. The third-order valence-corrected chi connectivity index (χ3v) is 4.18. The van der Waals surface area contributed by atoms with Crippen LogP contribution in [-0.2, 0) is 4.79 Å². The quantitative estimate of drug-likeness (QED) is 0.753. The van der Waals surface area contributed by atoms with Gasteiger partial charge in [-0.15, -0.1) is 0 Å². The van der Waals surface area contributed by atoms with Crippen molar-refractivity contribution >= 4 is 11.6 Å². The Balaban J connectivity index is 2.00. The van der Waals surface area contributed by atoms with Crippen molar-refractivity contribution < 1.29 is 4.79 Å². The Labute approximate surface area is 126 Å². The van der Waals surface area contributed by atoms with Crippen LogP contribution in [0, 0.1) is 5.41 Å². The number of anilines is 1. The molecule has 2 aromatic rings. The summed E-state index contributed by atoms with van der Waals surface area (Å²) < 4.78 is 0. The van der Waals surface area contributed by atoms with Gasteiger partial charge in [-0.3, -0.25) is 4.79 Å². The summed E-state index contributed by atoms with van der Waals surface area (Å²) in [6, 6.07) is 20.3. The van der Waals surface area contributed by atoms with Crippen molar-refractivity contribution in [2.24, 2.45) is 5.41 Å². The summed E-state index contributed by atoms with van der Waals surface area (Å²) >= 11 is 0. The Bertz CT molecular complexity index is 578. The summed E-state index contributed by atoms with van der Waals surface area (Å²) in [6.07, 6.45) is 0. The first kappa shape index (κ1) is 13.9. The van der Waals surface area contributed by atoms with Gasteiger partial charge >= 0.3 is 0 Å². The molecular formula is C19H21NO. The Hall–Kier alpha value is -2.09. The lowest BCUT2D eigenvalue weighted by Gasteiger charge is -2.53. The fourth-order valence-electron chi connectivity index (χ4n) is 3.24. The maximum atomic E-state index is 12.7. The van der Waals surface area contributed by atoms with Crippen LogP contribution in [0.25, 0.3) is 0 Å². The van der Waals surface area contributed by atoms with Crippen LogP contribution < -0.4 is 4.90 Å². The van der Waals surface area contributed by atoms with Gasteiger partial charge < -0.3 is 4.90 Å². The Morgan fingerprint density at radius 2 is 1.38 bits per heavy atom. The lowest BCUT2D eigenvalue weighted by molar-refractivity contribution is -0.128. The van der Waals surface area contributed by atoms with E-state index >= 15 is 0 Å². The molecule has 108 valence electrons. The van der Waals surface area contributed by atoms with Gasteiger partial charge in [0.2, 0.25) is 5.91 Å². The zero-order chi connectivity index (χ0) is 15.0. The highest BCUT2D eigenvalue weighted by atomic mass is 16.2. The molecule has 1 aliphatic heterocycles. The molecule has 0 radical (unpaired) electrons. The molecule has 0 N–H and O–H groups in total. The predicted octanol–water partition coefficient (Wildman–Crippen LogP) is 4.23. The van der Waals surface area contributed by atoms with Gasteiger partial charge in [-0.05, 0) is 23.1 Å². The second kappa shape index (κ2) is 5.03. The van der Waals surface area contributed by atoms with E-state index in [4.69, 9.17) is 0 Å². The Morgan fingerprint density at radius 3 is 1.90 bits per heavy atom. The van der Waals surface area contributed by atoms with E-state index in [9.17, 15) is 4.79 Å². The van der Waals surface area contributed by atoms with Crippen LogP contribution in [0.1, 0.15) is 32.3 Å². The van der Waals surface area contributed by atoms with Crippen molar-refractivity contribution in [1.29, 1.82) is 0 Å². The second-order valence-corrected chi connectivity index (χ2v) is 6.74. The number of nitrogens with zero attached hydrogens (tertiary/aromatic N) is 1. The maximum Gasteiger partial charge on any atom is 0.236 e. The summed E-state index contributed by atoms with van der Waals surface area (Å²) in [5, 5.41) is 0. The summed E-state index contributed by atoms with van der Waals surface area (Å²) in [5.74, 6) is 0.165. The lowest BCUT2D eigenvalue weighted by Crippen LogP contribution is -2.64. The summed E-state index contributed by atoms with van der Waals surface area (Å²) in [6.45, 7) is 6.61. The molecule has 1 saturated heterocycles. The molecule has 2 aromatic carbocycles. The largest absolute Gasteiger partial charge is 0.307 e. The smallest absolute Gasteiger partial charge is 0.236 e. The van der Waals surface area contributed by atoms with E-state index in [1.807, 2.05) is 53.4 Å². The number of carbonyl (C=O) groups excluding carboxylic acids is 1. The number of benzene rings is 2. The number of carbonyl (C=O) groups is 1. The molecule has 1 fully saturated rings. The van der Waals surface area contributed by atoms with Crippen molar-refractivity contribution in [2.45, 2.75) is 32.7 Å². The van der Waals surface area contributed by atoms with E-state index < -0.39 is 0 Å². The van der Waals surface area contributed by atoms with Crippen LogP contribution in [-0.4, -0.2) is 11.9 Å². The average molecular weight is 279 g/mol.